The number of anilines is 1. The lowest BCUT2D eigenvalue weighted by molar-refractivity contribution is -0.0123. The number of pyridine rings is 1. The number of methoxy groups -OCH3 is 1. The van der Waals surface area contributed by atoms with Crippen LogP contribution in [-0.2, 0) is 9.47 Å². The van der Waals surface area contributed by atoms with E-state index in [-0.39, 0.29) is 47.6 Å². The van der Waals surface area contributed by atoms with Crippen molar-refractivity contribution < 1.29 is 28.4 Å². The molecule has 6 aliphatic rings. The number of nitrogens with one attached hydrogen (secondary N) is 1. The van der Waals surface area contributed by atoms with Crippen LogP contribution in [0.1, 0.15) is 63.4 Å². The van der Waals surface area contributed by atoms with Gasteiger partial charge in [-0.05, 0) is 87.3 Å². The Morgan fingerprint density at radius 1 is 1.09 bits per heavy atom. The van der Waals surface area contributed by atoms with E-state index in [1.54, 1.807) is 13.1 Å². The Morgan fingerprint density at radius 3 is 2.74 bits per heavy atom. The predicted octanol–water partition coefficient (Wildman–Crippen LogP) is 5.74. The van der Waals surface area contributed by atoms with Crippen molar-refractivity contribution in [2.45, 2.75) is 69.4 Å². The van der Waals surface area contributed by atoms with Gasteiger partial charge in [-0.25, -0.2) is 9.37 Å². The van der Waals surface area contributed by atoms with E-state index >= 15 is 4.39 Å². The number of aliphatic hydroxyl groups is 1. The number of aromatic amines is 1. The number of hydrogen-bond donors (Lipinski definition) is 2. The van der Waals surface area contributed by atoms with Gasteiger partial charge in [0.25, 0.3) is 0 Å². The normalized spacial score (nSPS) is 31.5. The molecule has 282 valence electrons. The molecule has 0 bridgehead atoms. The van der Waals surface area contributed by atoms with Crippen LogP contribution in [0.4, 0.5) is 10.2 Å². The number of nitrogens with zero attached hydrogens (tertiary/aromatic N) is 6. The molecule has 0 radical (unpaired) electrons. The summed E-state index contributed by atoms with van der Waals surface area (Å²) in [6.45, 7) is 7.39. The first-order valence-electron chi connectivity index (χ1n) is 19.3. The smallest absolute Gasteiger partial charge is 0.319 e. The number of aromatic nitrogens is 5. The molecule has 3 aromatic heterocycles. The van der Waals surface area contributed by atoms with Crippen molar-refractivity contribution in [1.82, 2.24) is 30.0 Å². The lowest BCUT2D eigenvalue weighted by atomic mass is 9.75. The number of piperidine rings is 1. The van der Waals surface area contributed by atoms with Gasteiger partial charge in [0.2, 0.25) is 5.88 Å². The maximum Gasteiger partial charge on any atom is 0.319 e. The average molecular weight is 748 g/mol. The SMILES string of the molecule is COc1nc(-c2c(C3CC3)c(Cl)cc3[nH]ncc23)c(F)c2nc(OCC34CCCC3N(CC3C5COCC53)CCC4)nc(N3CCOCC(C)(O)C3)c12. The second-order valence-corrected chi connectivity index (χ2v) is 17.2. The Balaban J connectivity index is 1.07. The van der Waals surface area contributed by atoms with Crippen LogP contribution >= 0.6 is 11.6 Å². The molecule has 6 heterocycles. The van der Waals surface area contributed by atoms with E-state index in [1.165, 1.54) is 7.11 Å². The molecule has 0 spiro atoms. The van der Waals surface area contributed by atoms with Crippen molar-refractivity contribution in [2.75, 3.05) is 71.2 Å². The Kier molecular flexibility index (Phi) is 8.29. The van der Waals surface area contributed by atoms with Crippen LogP contribution in [-0.4, -0.2) is 113 Å². The molecule has 3 aliphatic carbocycles. The monoisotopic (exact) mass is 747 g/mol. The highest BCUT2D eigenvalue weighted by atomic mass is 35.5. The highest BCUT2D eigenvalue weighted by molar-refractivity contribution is 6.33. The fourth-order valence-electron chi connectivity index (χ4n) is 10.3. The molecule has 3 saturated carbocycles. The van der Waals surface area contributed by atoms with Gasteiger partial charge in [-0.3, -0.25) is 10.00 Å². The summed E-state index contributed by atoms with van der Waals surface area (Å²) in [5.74, 6) is 2.34. The predicted molar refractivity (Wildman–Crippen MR) is 197 cm³/mol. The van der Waals surface area contributed by atoms with Crippen LogP contribution < -0.4 is 14.4 Å². The van der Waals surface area contributed by atoms with Gasteiger partial charge in [0.05, 0.1) is 58.4 Å². The van der Waals surface area contributed by atoms with Crippen LogP contribution in [0.5, 0.6) is 11.9 Å². The van der Waals surface area contributed by atoms with Crippen LogP contribution in [0.25, 0.3) is 33.1 Å². The van der Waals surface area contributed by atoms with E-state index in [2.05, 4.69) is 15.1 Å². The fourth-order valence-corrected chi connectivity index (χ4v) is 10.7. The lowest BCUT2D eigenvalue weighted by Gasteiger charge is -2.46. The Morgan fingerprint density at radius 2 is 1.92 bits per heavy atom. The zero-order valence-corrected chi connectivity index (χ0v) is 31.1. The van der Waals surface area contributed by atoms with Gasteiger partial charge in [-0.15, -0.1) is 0 Å². The number of ether oxygens (including phenoxy) is 4. The highest BCUT2D eigenvalue weighted by Crippen LogP contribution is 2.55. The van der Waals surface area contributed by atoms with E-state index < -0.39 is 11.4 Å². The maximum absolute atomic E-state index is 17.5. The molecule has 3 aliphatic heterocycles. The maximum atomic E-state index is 17.5. The van der Waals surface area contributed by atoms with Crippen molar-refractivity contribution in [2.24, 2.45) is 23.2 Å². The summed E-state index contributed by atoms with van der Waals surface area (Å²) in [5, 5.41) is 20.1. The van der Waals surface area contributed by atoms with Gasteiger partial charge in [0.15, 0.2) is 5.82 Å². The number of β-amino-alcohol motifs (C(OH)–C–C–N with tert-alkyl or cyclic N) is 1. The lowest BCUT2D eigenvalue weighted by Crippen LogP contribution is -2.52. The first-order chi connectivity index (χ1) is 25.7. The number of fused-ring (bicyclic) bond motifs is 4. The standard InChI is InChI=1S/C39H47ClFN7O5/c1-38(49)18-48(11-12-51-19-38)35-31-34(32(41)33(43-36(31)50-2)30-22-14-42-46-27(22)13-26(40)29(30)21-6-7-21)44-37(45-35)53-20-39-8-3-5-28(39)47(10-4-9-39)15-23-24-16-52-17-25(23)24/h13-14,21,23-25,28,49H,3-12,15-20H2,1-2H3,(H,42,46). The first-order valence-corrected chi connectivity index (χ1v) is 19.7. The molecule has 10 rings (SSSR count). The zero-order chi connectivity index (χ0) is 36.1. The number of likely N-dealkylation sites (tertiary alicyclic amines) is 1. The largest absolute Gasteiger partial charge is 0.480 e. The van der Waals surface area contributed by atoms with Crippen LogP contribution in [0, 0.1) is 29.0 Å². The van der Waals surface area contributed by atoms with Gasteiger partial charge in [0, 0.05) is 40.5 Å². The second-order valence-electron chi connectivity index (χ2n) is 16.7. The zero-order valence-electron chi connectivity index (χ0n) is 30.4. The summed E-state index contributed by atoms with van der Waals surface area (Å²) in [7, 11) is 1.52. The molecule has 14 heteroatoms. The molecular formula is C39H47ClFN7O5. The molecule has 4 aromatic rings. The van der Waals surface area contributed by atoms with Crippen LogP contribution in [0.2, 0.25) is 5.02 Å². The van der Waals surface area contributed by atoms with Gasteiger partial charge in [-0.2, -0.15) is 15.1 Å². The van der Waals surface area contributed by atoms with E-state index in [0.29, 0.717) is 53.1 Å². The minimum absolute atomic E-state index is 0.0240. The van der Waals surface area contributed by atoms with Crippen molar-refractivity contribution in [3.05, 3.63) is 28.7 Å². The van der Waals surface area contributed by atoms with E-state index in [9.17, 15) is 5.11 Å². The minimum Gasteiger partial charge on any atom is -0.480 e. The molecule has 53 heavy (non-hydrogen) atoms. The molecular weight excluding hydrogens is 701 g/mol. The van der Waals surface area contributed by atoms with Crippen molar-refractivity contribution in [3.63, 3.8) is 0 Å². The number of H-pyrrole nitrogens is 1. The van der Waals surface area contributed by atoms with Crippen molar-refractivity contribution >= 4 is 39.2 Å². The quantitative estimate of drug-likeness (QED) is 0.217. The highest BCUT2D eigenvalue weighted by Gasteiger charge is 2.56. The molecule has 3 saturated heterocycles. The summed E-state index contributed by atoms with van der Waals surface area (Å²) in [6, 6.07) is 2.39. The minimum atomic E-state index is -1.17. The Hall–Kier alpha value is -3.36. The summed E-state index contributed by atoms with van der Waals surface area (Å²) in [6.07, 6.45) is 9.20. The van der Waals surface area contributed by atoms with Gasteiger partial charge >= 0.3 is 6.01 Å². The van der Waals surface area contributed by atoms with Crippen molar-refractivity contribution in [3.8, 4) is 23.1 Å². The third-order valence-electron chi connectivity index (χ3n) is 13.1. The molecule has 1 aromatic carbocycles. The van der Waals surface area contributed by atoms with E-state index in [4.69, 9.17) is 45.5 Å². The number of rotatable bonds is 9. The molecule has 12 nitrogen and oxygen atoms in total. The summed E-state index contributed by atoms with van der Waals surface area (Å²) in [5.41, 5.74) is 1.09. The average Bonchev–Trinajstić information content (AvgIpc) is 3.88. The Bertz CT molecular complexity index is 2070. The Labute approximate surface area is 312 Å². The number of halogens is 2. The molecule has 2 N–H and O–H groups in total. The van der Waals surface area contributed by atoms with Gasteiger partial charge in [-0.1, -0.05) is 18.0 Å². The second kappa shape index (κ2) is 12.9. The van der Waals surface area contributed by atoms with Crippen LogP contribution in [0.15, 0.2) is 12.3 Å². The molecule has 5 atom stereocenters. The molecule has 6 fully saturated rings. The third-order valence-corrected chi connectivity index (χ3v) is 13.4. The first kappa shape index (κ1) is 34.2. The van der Waals surface area contributed by atoms with E-state index in [0.717, 1.165) is 100.0 Å². The summed E-state index contributed by atoms with van der Waals surface area (Å²) >= 11 is 6.89. The third kappa shape index (κ3) is 5.84. The molecule has 5 unspecified atom stereocenters. The number of hydrogen-bond acceptors (Lipinski definition) is 11. The fraction of sp³-hybridized carbons (Fsp3) is 0.641. The number of benzene rings is 1. The van der Waals surface area contributed by atoms with Crippen molar-refractivity contribution in [1.29, 1.82) is 0 Å². The van der Waals surface area contributed by atoms with Crippen LogP contribution in [0.3, 0.4) is 0 Å². The van der Waals surface area contributed by atoms with Gasteiger partial charge < -0.3 is 29.0 Å². The summed E-state index contributed by atoms with van der Waals surface area (Å²) in [4.78, 5) is 19.3. The molecule has 0 amide bonds. The van der Waals surface area contributed by atoms with Gasteiger partial charge in [0.1, 0.15) is 28.0 Å². The summed E-state index contributed by atoms with van der Waals surface area (Å²) < 4.78 is 41.6. The van der Waals surface area contributed by atoms with E-state index in [1.807, 2.05) is 11.0 Å². The topological polar surface area (TPSA) is 131 Å².